The third kappa shape index (κ3) is 7.11. The van der Waals surface area contributed by atoms with Crippen LogP contribution in [0.25, 0.3) is 11.1 Å². The van der Waals surface area contributed by atoms with Gasteiger partial charge in [-0.25, -0.2) is 0 Å². The second-order valence-electron chi connectivity index (χ2n) is 13.1. The van der Waals surface area contributed by atoms with E-state index in [0.717, 1.165) is 39.3 Å². The van der Waals surface area contributed by atoms with Gasteiger partial charge in [0, 0.05) is 48.3 Å². The summed E-state index contributed by atoms with van der Waals surface area (Å²) >= 11 is 0. The van der Waals surface area contributed by atoms with E-state index in [1.54, 1.807) is 14.2 Å². The van der Waals surface area contributed by atoms with Crippen LogP contribution >= 0.6 is 0 Å². The van der Waals surface area contributed by atoms with E-state index in [4.69, 9.17) is 8.85 Å². The van der Waals surface area contributed by atoms with Gasteiger partial charge in [0.05, 0.1) is 0 Å². The molecule has 4 nitrogen and oxygen atoms in total. The number of rotatable bonds is 10. The highest BCUT2D eigenvalue weighted by atomic mass is 28.4. The highest BCUT2D eigenvalue weighted by molar-refractivity contribution is 6.79. The molecule has 0 aromatic heterocycles. The molecule has 0 aliphatic carbocycles. The van der Waals surface area contributed by atoms with Crippen molar-refractivity contribution < 1.29 is 8.85 Å². The van der Waals surface area contributed by atoms with E-state index in [2.05, 4.69) is 184 Å². The van der Waals surface area contributed by atoms with Crippen LogP contribution in [0.5, 0.6) is 0 Å². The Hall–Kier alpha value is -4.94. The Kier molecular flexibility index (Phi) is 9.88. The van der Waals surface area contributed by atoms with Gasteiger partial charge in [0.15, 0.2) is 0 Å². The summed E-state index contributed by atoms with van der Waals surface area (Å²) in [5.74, 6) is 0. The fraction of sp³-hybridized carbons (Fsp3) is 0.182. The minimum Gasteiger partial charge on any atom is -0.394 e. The maximum Gasteiger partial charge on any atom is 0.368 e. The van der Waals surface area contributed by atoms with Gasteiger partial charge in [-0.05, 0) is 141 Å². The zero-order valence-corrected chi connectivity index (χ0v) is 30.9. The van der Waals surface area contributed by atoms with E-state index in [1.807, 2.05) is 0 Å². The Labute approximate surface area is 293 Å². The number of nitrogens with zero attached hydrogens (tertiary/aromatic N) is 2. The van der Waals surface area contributed by atoms with Crippen LogP contribution in [0.3, 0.4) is 0 Å². The van der Waals surface area contributed by atoms with Crippen molar-refractivity contribution in [3.8, 4) is 11.1 Å². The van der Waals surface area contributed by atoms with E-state index in [1.165, 1.54) is 38.9 Å². The average molecular weight is 663 g/mol. The van der Waals surface area contributed by atoms with Crippen molar-refractivity contribution in [3.05, 3.63) is 161 Å². The minimum atomic E-state index is -2.43. The Morgan fingerprint density at radius 3 is 0.959 bits per heavy atom. The lowest BCUT2D eigenvalue weighted by molar-refractivity contribution is 0.265. The second-order valence-corrected chi connectivity index (χ2v) is 16.4. The third-order valence-corrected chi connectivity index (χ3v) is 12.5. The number of aryl methyl sites for hydroxylation is 5. The van der Waals surface area contributed by atoms with Crippen molar-refractivity contribution in [2.75, 3.05) is 24.0 Å². The highest BCUT2D eigenvalue weighted by Gasteiger charge is 2.31. The SMILES string of the molecule is CO[Si](C)(OC)c1ccc(N(c2ccc(C)cc2)c2ccc(-c3ccc(N(c4ccc(C)cc4)c4ccc(C)cc4)cc3C)c(C)c2)cc1. The molecule has 0 saturated heterocycles. The summed E-state index contributed by atoms with van der Waals surface area (Å²) in [6.07, 6.45) is 0. The predicted octanol–water partition coefficient (Wildman–Crippen LogP) is 11.4. The smallest absolute Gasteiger partial charge is 0.368 e. The van der Waals surface area contributed by atoms with Crippen LogP contribution in [0.4, 0.5) is 34.1 Å². The molecule has 0 N–H and O–H groups in total. The summed E-state index contributed by atoms with van der Waals surface area (Å²) in [5, 5.41) is 1.10. The summed E-state index contributed by atoms with van der Waals surface area (Å²) in [6, 6.07) is 48.4. The molecule has 248 valence electrons. The maximum absolute atomic E-state index is 5.81. The third-order valence-electron chi connectivity index (χ3n) is 9.53. The Balaban J connectivity index is 1.37. The van der Waals surface area contributed by atoms with Crippen LogP contribution in [0, 0.1) is 34.6 Å². The summed E-state index contributed by atoms with van der Waals surface area (Å²) in [6.45, 7) is 12.9. The van der Waals surface area contributed by atoms with Crippen molar-refractivity contribution in [3.63, 3.8) is 0 Å². The lowest BCUT2D eigenvalue weighted by Crippen LogP contribution is -2.49. The summed E-state index contributed by atoms with van der Waals surface area (Å²) in [7, 11) is 1.02. The fourth-order valence-corrected chi connectivity index (χ4v) is 7.80. The van der Waals surface area contributed by atoms with Crippen LogP contribution in [0.15, 0.2) is 133 Å². The van der Waals surface area contributed by atoms with E-state index >= 15 is 0 Å². The standard InChI is InChI=1S/C44H46N2O2Si/c1-31-9-15-36(16-10-31)45(37-17-11-32(2)12-18-37)40-23-27-43(34(4)29-40)44-28-24-41(30-35(44)5)46(38-19-13-33(3)14-20-38)39-21-25-42(26-22-39)49(8,47-6)48-7/h9-30H,1-8H3. The molecule has 49 heavy (non-hydrogen) atoms. The lowest BCUT2D eigenvalue weighted by atomic mass is 9.95. The van der Waals surface area contributed by atoms with E-state index in [0.29, 0.717) is 0 Å². The van der Waals surface area contributed by atoms with Crippen LogP contribution in [-0.4, -0.2) is 22.8 Å². The zero-order chi connectivity index (χ0) is 34.7. The van der Waals surface area contributed by atoms with Gasteiger partial charge in [-0.2, -0.15) is 0 Å². The number of hydrogen-bond donors (Lipinski definition) is 0. The molecule has 6 rings (SSSR count). The molecule has 0 spiro atoms. The van der Waals surface area contributed by atoms with Gasteiger partial charge in [0.2, 0.25) is 0 Å². The van der Waals surface area contributed by atoms with Crippen molar-refractivity contribution in [2.24, 2.45) is 0 Å². The van der Waals surface area contributed by atoms with Crippen LogP contribution in [-0.2, 0) is 8.85 Å². The first-order valence-corrected chi connectivity index (χ1v) is 19.1. The van der Waals surface area contributed by atoms with Crippen molar-refractivity contribution in [1.82, 2.24) is 0 Å². The normalized spacial score (nSPS) is 11.4. The summed E-state index contributed by atoms with van der Waals surface area (Å²) in [4.78, 5) is 4.65. The lowest BCUT2D eigenvalue weighted by Gasteiger charge is -2.28. The van der Waals surface area contributed by atoms with Gasteiger partial charge in [0.1, 0.15) is 0 Å². The molecule has 0 unspecified atom stereocenters. The molecule has 5 heteroatoms. The molecule has 0 radical (unpaired) electrons. The fourth-order valence-electron chi connectivity index (χ4n) is 6.39. The quantitative estimate of drug-likeness (QED) is 0.136. The second kappa shape index (κ2) is 14.3. The van der Waals surface area contributed by atoms with E-state index in [9.17, 15) is 0 Å². The molecule has 0 heterocycles. The van der Waals surface area contributed by atoms with Crippen LogP contribution < -0.4 is 15.0 Å². The van der Waals surface area contributed by atoms with Crippen molar-refractivity contribution in [1.29, 1.82) is 0 Å². The molecule has 6 aromatic carbocycles. The first kappa shape index (κ1) is 33.9. The van der Waals surface area contributed by atoms with Crippen molar-refractivity contribution >= 4 is 47.9 Å². The molecule has 0 bridgehead atoms. The first-order chi connectivity index (χ1) is 23.6. The molecule has 0 amide bonds. The van der Waals surface area contributed by atoms with Gasteiger partial charge in [-0.15, -0.1) is 0 Å². The Bertz CT molecular complexity index is 1990. The monoisotopic (exact) mass is 662 g/mol. The van der Waals surface area contributed by atoms with Crippen LogP contribution in [0.1, 0.15) is 27.8 Å². The number of anilines is 6. The van der Waals surface area contributed by atoms with Gasteiger partial charge < -0.3 is 18.7 Å². The van der Waals surface area contributed by atoms with Crippen molar-refractivity contribution in [2.45, 2.75) is 41.2 Å². The number of benzene rings is 6. The Morgan fingerprint density at radius 1 is 0.388 bits per heavy atom. The topological polar surface area (TPSA) is 24.9 Å². The molecule has 0 fully saturated rings. The predicted molar refractivity (Wildman–Crippen MR) is 210 cm³/mol. The summed E-state index contributed by atoms with van der Waals surface area (Å²) < 4.78 is 11.6. The molecule has 0 atom stereocenters. The molecule has 0 saturated carbocycles. The van der Waals surface area contributed by atoms with Crippen LogP contribution in [0.2, 0.25) is 6.55 Å². The zero-order valence-electron chi connectivity index (χ0n) is 29.9. The highest BCUT2D eigenvalue weighted by Crippen LogP contribution is 2.40. The molecule has 0 aliphatic heterocycles. The maximum atomic E-state index is 5.81. The average Bonchev–Trinajstić information content (AvgIpc) is 3.11. The molecular weight excluding hydrogens is 617 g/mol. The van der Waals surface area contributed by atoms with Gasteiger partial charge in [-0.3, -0.25) is 0 Å². The van der Waals surface area contributed by atoms with E-state index in [-0.39, 0.29) is 0 Å². The summed E-state index contributed by atoms with van der Waals surface area (Å²) in [5.41, 5.74) is 15.3. The molecule has 6 aromatic rings. The minimum absolute atomic E-state index is 1.08. The van der Waals surface area contributed by atoms with Gasteiger partial charge >= 0.3 is 8.56 Å². The first-order valence-electron chi connectivity index (χ1n) is 16.8. The number of hydrogen-bond acceptors (Lipinski definition) is 4. The van der Waals surface area contributed by atoms with Gasteiger partial charge in [-0.1, -0.05) is 77.4 Å². The van der Waals surface area contributed by atoms with Gasteiger partial charge in [0.25, 0.3) is 0 Å². The van der Waals surface area contributed by atoms with E-state index < -0.39 is 8.56 Å². The molecule has 0 aliphatic rings. The largest absolute Gasteiger partial charge is 0.394 e. The molecular formula is C44H46N2O2Si. The Morgan fingerprint density at radius 2 is 0.673 bits per heavy atom.